The number of carbonyl (C=O) groups excluding carboxylic acids is 2. The van der Waals surface area contributed by atoms with Crippen molar-refractivity contribution in [3.63, 3.8) is 0 Å². The first-order valence-electron chi connectivity index (χ1n) is 11.1. The molecule has 0 aliphatic heterocycles. The lowest BCUT2D eigenvalue weighted by Crippen LogP contribution is -2.43. The Morgan fingerprint density at radius 3 is 1.52 bits per heavy atom. The van der Waals surface area contributed by atoms with Gasteiger partial charge in [0.2, 0.25) is 0 Å². The highest BCUT2D eigenvalue weighted by molar-refractivity contribution is 6.67. The minimum Gasteiger partial charge on any atom is -0.449 e. The Hall–Kier alpha value is -1.23. The van der Waals surface area contributed by atoms with Gasteiger partial charge in [-0.15, -0.1) is 0 Å². The third-order valence-corrected chi connectivity index (χ3v) is 11.8. The number of ether oxygens (including phenoxy) is 2. The Balaban J connectivity index is 4.10. The molecule has 0 aliphatic rings. The summed E-state index contributed by atoms with van der Waals surface area (Å²) < 4.78 is 37.6. The molecule has 33 heavy (non-hydrogen) atoms. The fourth-order valence-corrected chi connectivity index (χ4v) is 6.96. The first kappa shape index (κ1) is 31.8. The van der Waals surface area contributed by atoms with Gasteiger partial charge < -0.3 is 42.2 Å². The van der Waals surface area contributed by atoms with E-state index in [1.165, 1.54) is 0 Å². The van der Waals surface area contributed by atoms with Crippen molar-refractivity contribution in [1.29, 1.82) is 0 Å². The largest absolute Gasteiger partial charge is 0.500 e. The van der Waals surface area contributed by atoms with Crippen molar-refractivity contribution in [2.24, 2.45) is 5.41 Å². The van der Waals surface area contributed by atoms with Gasteiger partial charge in [-0.3, -0.25) is 0 Å². The molecule has 0 atom stereocenters. The second-order valence-corrected chi connectivity index (χ2v) is 15.3. The van der Waals surface area contributed by atoms with Crippen LogP contribution < -0.4 is 10.6 Å². The van der Waals surface area contributed by atoms with Gasteiger partial charge in [-0.2, -0.15) is 0 Å². The van der Waals surface area contributed by atoms with Crippen molar-refractivity contribution in [3.05, 3.63) is 0 Å². The molecular formula is C20H44N2O9Si2. The first-order chi connectivity index (χ1) is 15.6. The van der Waals surface area contributed by atoms with Crippen molar-refractivity contribution < 1.29 is 41.2 Å². The SMILES string of the molecule is CC[Si](CCCNC(=O)OCC(C)(C)COC(=O)NCCC[Si](OC)(OC)OC)(OC)OC. The predicted octanol–water partition coefficient (Wildman–Crippen LogP) is 2.88. The van der Waals surface area contributed by atoms with E-state index >= 15 is 0 Å². The van der Waals surface area contributed by atoms with Gasteiger partial charge in [-0.25, -0.2) is 9.59 Å². The molecule has 0 aliphatic carbocycles. The molecule has 0 aromatic carbocycles. The Morgan fingerprint density at radius 2 is 1.15 bits per heavy atom. The number of hydrogen-bond acceptors (Lipinski definition) is 9. The number of carbonyl (C=O) groups is 2. The summed E-state index contributed by atoms with van der Waals surface area (Å²) >= 11 is 0. The summed E-state index contributed by atoms with van der Waals surface area (Å²) in [5.41, 5.74) is -0.532. The maximum atomic E-state index is 12.0. The quantitative estimate of drug-likeness (QED) is 0.211. The van der Waals surface area contributed by atoms with Crippen LogP contribution in [0.25, 0.3) is 0 Å². The molecule has 0 bridgehead atoms. The van der Waals surface area contributed by atoms with E-state index in [4.69, 9.17) is 31.6 Å². The third-order valence-electron chi connectivity index (χ3n) is 5.34. The Morgan fingerprint density at radius 1 is 0.727 bits per heavy atom. The summed E-state index contributed by atoms with van der Waals surface area (Å²) in [4.78, 5) is 23.9. The molecule has 0 aromatic rings. The molecule has 0 heterocycles. The smallest absolute Gasteiger partial charge is 0.449 e. The van der Waals surface area contributed by atoms with Gasteiger partial charge in [-0.1, -0.05) is 20.8 Å². The number of amides is 2. The van der Waals surface area contributed by atoms with Crippen molar-refractivity contribution in [1.82, 2.24) is 10.6 Å². The molecule has 0 saturated heterocycles. The molecule has 2 N–H and O–H groups in total. The van der Waals surface area contributed by atoms with Crippen LogP contribution in [-0.4, -0.2) is 91.4 Å². The molecule has 11 nitrogen and oxygen atoms in total. The van der Waals surface area contributed by atoms with E-state index in [0.29, 0.717) is 25.6 Å². The Labute approximate surface area is 200 Å². The molecule has 0 rings (SSSR count). The summed E-state index contributed by atoms with van der Waals surface area (Å²) in [5, 5.41) is 5.41. The molecular weight excluding hydrogens is 468 g/mol. The average Bonchev–Trinajstić information content (AvgIpc) is 2.83. The van der Waals surface area contributed by atoms with Crippen molar-refractivity contribution in [2.75, 3.05) is 61.9 Å². The number of rotatable bonds is 18. The molecule has 13 heteroatoms. The number of alkyl carbamates (subject to hydrolysis) is 2. The lowest BCUT2D eigenvalue weighted by Gasteiger charge is -2.26. The van der Waals surface area contributed by atoms with E-state index in [1.54, 1.807) is 35.5 Å². The third kappa shape index (κ3) is 12.7. The van der Waals surface area contributed by atoms with Gasteiger partial charge in [0.1, 0.15) is 13.2 Å². The van der Waals surface area contributed by atoms with Gasteiger partial charge >= 0.3 is 29.6 Å². The lowest BCUT2D eigenvalue weighted by atomic mass is 9.96. The Kier molecular flexibility index (Phi) is 15.8. The van der Waals surface area contributed by atoms with Crippen LogP contribution in [0.1, 0.15) is 33.6 Å². The van der Waals surface area contributed by atoms with Crippen molar-refractivity contribution >= 4 is 29.6 Å². The fourth-order valence-electron chi connectivity index (χ4n) is 3.02. The fraction of sp³-hybridized carbons (Fsp3) is 0.900. The van der Waals surface area contributed by atoms with Gasteiger partial charge in [0.25, 0.3) is 0 Å². The highest BCUT2D eigenvalue weighted by atomic mass is 28.4. The normalized spacial score (nSPS) is 12.4. The van der Waals surface area contributed by atoms with Crippen LogP contribution in [0.5, 0.6) is 0 Å². The van der Waals surface area contributed by atoms with Gasteiger partial charge in [0, 0.05) is 60.1 Å². The zero-order chi connectivity index (χ0) is 25.4. The predicted molar refractivity (Wildman–Crippen MR) is 128 cm³/mol. The summed E-state index contributed by atoms with van der Waals surface area (Å²) in [6, 6.07) is 2.21. The molecule has 0 saturated carbocycles. The minimum absolute atomic E-state index is 0.102. The second-order valence-electron chi connectivity index (χ2n) is 8.35. The van der Waals surface area contributed by atoms with E-state index in [1.807, 2.05) is 20.8 Å². The van der Waals surface area contributed by atoms with E-state index < -0.39 is 35.0 Å². The molecule has 0 spiro atoms. The lowest BCUT2D eigenvalue weighted by molar-refractivity contribution is 0.0466. The van der Waals surface area contributed by atoms with Gasteiger partial charge in [-0.05, 0) is 24.9 Å². The summed E-state index contributed by atoms with van der Waals surface area (Å²) in [5.74, 6) is 0. The maximum absolute atomic E-state index is 12.0. The van der Waals surface area contributed by atoms with Crippen molar-refractivity contribution in [2.45, 2.75) is 51.7 Å². The first-order valence-corrected chi connectivity index (χ1v) is 15.3. The van der Waals surface area contributed by atoms with E-state index in [0.717, 1.165) is 18.5 Å². The molecule has 0 aromatic heterocycles. The highest BCUT2D eigenvalue weighted by Gasteiger charge is 2.37. The second kappa shape index (κ2) is 16.4. The van der Waals surface area contributed by atoms with E-state index in [2.05, 4.69) is 10.6 Å². The van der Waals surface area contributed by atoms with Crippen molar-refractivity contribution in [3.8, 4) is 0 Å². The van der Waals surface area contributed by atoms with Crippen LogP contribution in [-0.2, 0) is 31.6 Å². The number of hydrogen-bond donors (Lipinski definition) is 2. The molecule has 196 valence electrons. The maximum Gasteiger partial charge on any atom is 0.500 e. The zero-order valence-corrected chi connectivity index (χ0v) is 23.5. The highest BCUT2D eigenvalue weighted by Crippen LogP contribution is 2.19. The molecule has 0 unspecified atom stereocenters. The van der Waals surface area contributed by atoms with Crippen LogP contribution in [0.3, 0.4) is 0 Å². The molecule has 0 radical (unpaired) electrons. The van der Waals surface area contributed by atoms with Crippen LogP contribution in [0.2, 0.25) is 18.1 Å². The summed E-state index contributed by atoms with van der Waals surface area (Å²) in [6.45, 7) is 6.83. The van der Waals surface area contributed by atoms with Crippen LogP contribution in [0, 0.1) is 5.41 Å². The van der Waals surface area contributed by atoms with E-state index in [9.17, 15) is 9.59 Å². The van der Waals surface area contributed by atoms with Gasteiger partial charge in [0.15, 0.2) is 0 Å². The van der Waals surface area contributed by atoms with Crippen LogP contribution in [0.15, 0.2) is 0 Å². The Bertz CT molecular complexity index is 497. The number of nitrogens with one attached hydrogen (secondary N) is 2. The van der Waals surface area contributed by atoms with Gasteiger partial charge in [0.05, 0.1) is 0 Å². The minimum atomic E-state index is -2.64. The average molecular weight is 513 g/mol. The zero-order valence-electron chi connectivity index (χ0n) is 21.5. The van der Waals surface area contributed by atoms with E-state index in [-0.39, 0.29) is 13.2 Å². The molecule has 2 amide bonds. The monoisotopic (exact) mass is 512 g/mol. The topological polar surface area (TPSA) is 123 Å². The summed E-state index contributed by atoms with van der Waals surface area (Å²) in [7, 11) is 3.19. The molecule has 0 fully saturated rings. The summed E-state index contributed by atoms with van der Waals surface area (Å²) in [6.07, 6.45) is 0.326. The van der Waals surface area contributed by atoms with Crippen LogP contribution in [0.4, 0.5) is 9.59 Å². The standard InChI is InChI=1S/C20H44N2O9Si2/c1-9-32(25-4,26-5)14-10-12-21-18(23)30-16-20(2,3)17-31-19(24)22-13-11-15-33(27-6,28-7)29-8/h9-17H2,1-8H3,(H,21,23)(H,22,24). The van der Waals surface area contributed by atoms with Crippen LogP contribution >= 0.6 is 0 Å².